The topological polar surface area (TPSA) is 96.3 Å². The first-order chi connectivity index (χ1) is 13.6. The van der Waals surface area contributed by atoms with Gasteiger partial charge in [-0.25, -0.2) is 4.98 Å². The van der Waals surface area contributed by atoms with E-state index in [0.717, 1.165) is 47.1 Å². The van der Waals surface area contributed by atoms with Gasteiger partial charge in [-0.2, -0.15) is 0 Å². The van der Waals surface area contributed by atoms with Gasteiger partial charge in [0.05, 0.1) is 28.3 Å². The predicted molar refractivity (Wildman–Crippen MR) is 121 cm³/mol. The second-order valence-electron chi connectivity index (χ2n) is 6.92. The molecular formula is C20H23BrClN5O2. The Bertz CT molecular complexity index is 1030. The zero-order chi connectivity index (χ0) is 19.7. The lowest BCUT2D eigenvalue weighted by Gasteiger charge is -2.33. The Morgan fingerprint density at radius 1 is 1.45 bits per heavy atom. The van der Waals surface area contributed by atoms with Crippen molar-refractivity contribution in [2.45, 2.75) is 18.9 Å². The van der Waals surface area contributed by atoms with Gasteiger partial charge in [-0.15, -0.1) is 12.4 Å². The Balaban J connectivity index is 0.00000240. The van der Waals surface area contributed by atoms with Gasteiger partial charge in [-0.3, -0.25) is 4.79 Å². The van der Waals surface area contributed by atoms with Crippen LogP contribution in [0.2, 0.25) is 0 Å². The van der Waals surface area contributed by atoms with Crippen molar-refractivity contribution >= 4 is 56.7 Å². The van der Waals surface area contributed by atoms with Crippen molar-refractivity contribution in [2.24, 2.45) is 5.73 Å². The van der Waals surface area contributed by atoms with Crippen molar-refractivity contribution in [3.8, 4) is 5.75 Å². The van der Waals surface area contributed by atoms with Crippen LogP contribution in [0.25, 0.3) is 11.0 Å². The molecule has 0 radical (unpaired) electrons. The number of hydrogen-bond acceptors (Lipinski definition) is 5. The number of H-pyrrole nitrogens is 1. The van der Waals surface area contributed by atoms with Crippen LogP contribution < -0.4 is 20.7 Å². The quantitative estimate of drug-likeness (QED) is 0.526. The van der Waals surface area contributed by atoms with Crippen molar-refractivity contribution in [3.05, 3.63) is 46.7 Å². The number of ether oxygens (including phenoxy) is 1. The molecule has 1 amide bonds. The Morgan fingerprint density at radius 3 is 3.03 bits per heavy atom. The average molecular weight is 481 g/mol. The minimum atomic E-state index is -0.207. The Hall–Kier alpha value is -2.29. The van der Waals surface area contributed by atoms with Crippen LogP contribution in [0.4, 0.5) is 11.4 Å². The van der Waals surface area contributed by atoms with E-state index in [9.17, 15) is 4.79 Å². The highest BCUT2D eigenvalue weighted by molar-refractivity contribution is 9.10. The Kier molecular flexibility index (Phi) is 6.66. The molecule has 4 N–H and O–H groups in total. The van der Waals surface area contributed by atoms with Crippen LogP contribution >= 0.6 is 28.3 Å². The summed E-state index contributed by atoms with van der Waals surface area (Å²) in [7, 11) is 1.58. The molecule has 4 rings (SSSR count). The van der Waals surface area contributed by atoms with E-state index in [4.69, 9.17) is 10.5 Å². The molecule has 1 aliphatic heterocycles. The largest absolute Gasteiger partial charge is 0.497 e. The Labute approximate surface area is 183 Å². The SMILES string of the molecule is COc1cccc(C(=O)Nc2c[nH]c3ncc(Br)c(N4CCCC(N)C4)c23)c1.Cl. The maximum atomic E-state index is 12.8. The minimum absolute atomic E-state index is 0. The molecule has 1 fully saturated rings. The molecule has 3 heterocycles. The fourth-order valence-electron chi connectivity index (χ4n) is 3.64. The van der Waals surface area contributed by atoms with Gasteiger partial charge in [0.15, 0.2) is 0 Å². The van der Waals surface area contributed by atoms with Crippen molar-refractivity contribution in [1.29, 1.82) is 0 Å². The van der Waals surface area contributed by atoms with Crippen LogP contribution in [0.1, 0.15) is 23.2 Å². The first kappa shape index (κ1) is 21.4. The summed E-state index contributed by atoms with van der Waals surface area (Å²) in [5, 5.41) is 3.88. The van der Waals surface area contributed by atoms with Crippen molar-refractivity contribution < 1.29 is 9.53 Å². The van der Waals surface area contributed by atoms with E-state index in [-0.39, 0.29) is 24.4 Å². The first-order valence-corrected chi connectivity index (χ1v) is 9.97. The molecule has 0 bridgehead atoms. The number of benzene rings is 1. The van der Waals surface area contributed by atoms with Crippen LogP contribution in [-0.4, -0.2) is 42.1 Å². The van der Waals surface area contributed by atoms with E-state index in [0.29, 0.717) is 17.0 Å². The number of aromatic nitrogens is 2. The molecule has 9 heteroatoms. The fourth-order valence-corrected chi connectivity index (χ4v) is 4.19. The molecule has 1 saturated heterocycles. The number of halogens is 2. The van der Waals surface area contributed by atoms with Crippen LogP contribution in [-0.2, 0) is 0 Å². The van der Waals surface area contributed by atoms with Crippen molar-refractivity contribution in [1.82, 2.24) is 9.97 Å². The lowest BCUT2D eigenvalue weighted by atomic mass is 10.1. The standard InChI is InChI=1S/C20H22BrN5O2.ClH/c1-28-14-6-2-4-12(8-14)20(27)25-16-10-24-19-17(16)18(15(21)9-23-19)26-7-3-5-13(22)11-26;/h2,4,6,8-10,13H,3,5,7,11,22H2,1H3,(H,23,24)(H,25,27);1H. The highest BCUT2D eigenvalue weighted by atomic mass is 79.9. The summed E-state index contributed by atoms with van der Waals surface area (Å²) in [6, 6.07) is 7.20. The second-order valence-corrected chi connectivity index (χ2v) is 7.77. The van der Waals surface area contributed by atoms with Crippen LogP contribution in [0.3, 0.4) is 0 Å². The summed E-state index contributed by atoms with van der Waals surface area (Å²) in [4.78, 5) is 22.7. The highest BCUT2D eigenvalue weighted by Gasteiger charge is 2.24. The molecule has 1 unspecified atom stereocenters. The average Bonchev–Trinajstić information content (AvgIpc) is 3.10. The molecule has 1 atom stereocenters. The molecule has 154 valence electrons. The summed E-state index contributed by atoms with van der Waals surface area (Å²) in [6.45, 7) is 1.69. The fraction of sp³-hybridized carbons (Fsp3) is 0.300. The number of fused-ring (bicyclic) bond motifs is 1. The van der Waals surface area contributed by atoms with Gasteiger partial charge in [-0.05, 0) is 47.0 Å². The summed E-state index contributed by atoms with van der Waals surface area (Å²) < 4.78 is 6.09. The van der Waals surface area contributed by atoms with Crippen molar-refractivity contribution in [2.75, 3.05) is 30.4 Å². The third-order valence-electron chi connectivity index (χ3n) is 4.98. The number of piperidine rings is 1. The molecule has 29 heavy (non-hydrogen) atoms. The summed E-state index contributed by atoms with van der Waals surface area (Å²) in [6.07, 6.45) is 5.61. The zero-order valence-electron chi connectivity index (χ0n) is 15.9. The molecule has 0 spiro atoms. The molecule has 3 aromatic rings. The van der Waals surface area contributed by atoms with Gasteiger partial charge in [-0.1, -0.05) is 6.07 Å². The molecule has 7 nitrogen and oxygen atoms in total. The smallest absolute Gasteiger partial charge is 0.255 e. The van der Waals surface area contributed by atoms with Gasteiger partial charge in [0.25, 0.3) is 5.91 Å². The molecule has 0 saturated carbocycles. The van der Waals surface area contributed by atoms with Crippen molar-refractivity contribution in [3.63, 3.8) is 0 Å². The lowest BCUT2D eigenvalue weighted by Crippen LogP contribution is -2.43. The van der Waals surface area contributed by atoms with E-state index in [1.165, 1.54) is 0 Å². The van der Waals surface area contributed by atoms with Crippen LogP contribution in [0.15, 0.2) is 41.1 Å². The number of hydrogen-bond donors (Lipinski definition) is 3. The monoisotopic (exact) mass is 479 g/mol. The van der Waals surface area contributed by atoms with E-state index in [1.54, 1.807) is 43.8 Å². The summed E-state index contributed by atoms with van der Waals surface area (Å²) >= 11 is 3.63. The summed E-state index contributed by atoms with van der Waals surface area (Å²) in [5.41, 5.74) is 9.13. The number of nitrogens with zero attached hydrogens (tertiary/aromatic N) is 2. The first-order valence-electron chi connectivity index (χ1n) is 9.18. The van der Waals surface area contributed by atoms with E-state index < -0.39 is 0 Å². The number of nitrogens with two attached hydrogens (primary N) is 1. The number of rotatable bonds is 4. The molecule has 0 aliphatic carbocycles. The minimum Gasteiger partial charge on any atom is -0.497 e. The Morgan fingerprint density at radius 2 is 2.28 bits per heavy atom. The summed E-state index contributed by atoms with van der Waals surface area (Å²) in [5.74, 6) is 0.431. The maximum Gasteiger partial charge on any atom is 0.255 e. The second kappa shape index (κ2) is 9.02. The maximum absolute atomic E-state index is 12.8. The highest BCUT2D eigenvalue weighted by Crippen LogP contribution is 2.39. The predicted octanol–water partition coefficient (Wildman–Crippen LogP) is 3.94. The molecular weight excluding hydrogens is 458 g/mol. The number of anilines is 2. The number of nitrogens with one attached hydrogen (secondary N) is 2. The third-order valence-corrected chi connectivity index (χ3v) is 5.56. The van der Waals surface area contributed by atoms with Gasteiger partial charge in [0, 0.05) is 37.1 Å². The van der Waals surface area contributed by atoms with E-state index >= 15 is 0 Å². The number of aromatic amines is 1. The number of amides is 1. The number of pyridine rings is 1. The number of methoxy groups -OCH3 is 1. The van der Waals surface area contributed by atoms with Gasteiger partial charge < -0.3 is 25.7 Å². The van der Waals surface area contributed by atoms with Gasteiger partial charge in [0.1, 0.15) is 11.4 Å². The lowest BCUT2D eigenvalue weighted by molar-refractivity contribution is 0.102. The number of carbonyl (C=O) groups is 1. The van der Waals surface area contributed by atoms with Gasteiger partial charge in [0.2, 0.25) is 0 Å². The van der Waals surface area contributed by atoms with E-state index in [1.807, 2.05) is 0 Å². The van der Waals surface area contributed by atoms with Gasteiger partial charge >= 0.3 is 0 Å². The molecule has 1 aliphatic rings. The number of carbonyl (C=O) groups excluding carboxylic acids is 1. The van der Waals surface area contributed by atoms with Crippen LogP contribution in [0.5, 0.6) is 5.75 Å². The molecule has 1 aromatic carbocycles. The van der Waals surface area contributed by atoms with Crippen LogP contribution in [0, 0.1) is 0 Å². The van der Waals surface area contributed by atoms with E-state index in [2.05, 4.69) is 36.1 Å². The molecule has 2 aromatic heterocycles. The normalized spacial score (nSPS) is 16.4. The third kappa shape index (κ3) is 4.34. The zero-order valence-corrected chi connectivity index (χ0v) is 18.3.